The van der Waals surface area contributed by atoms with Gasteiger partial charge in [-0.15, -0.1) is 11.8 Å². The van der Waals surface area contributed by atoms with Gasteiger partial charge in [-0.25, -0.2) is 0 Å². The molecular weight excluding hydrogens is 206 g/mol. The molecule has 0 saturated heterocycles. The number of carbonyl (C=O) groups excluding carboxylic acids is 1. The van der Waals surface area contributed by atoms with Crippen molar-refractivity contribution in [1.82, 2.24) is 0 Å². The molecule has 1 aliphatic heterocycles. The van der Waals surface area contributed by atoms with E-state index in [0.29, 0.717) is 0 Å². The Balaban J connectivity index is 2.55. The zero-order valence-electron chi connectivity index (χ0n) is 9.47. The molecule has 1 amide bonds. The Morgan fingerprint density at radius 2 is 1.93 bits per heavy atom. The number of hydrogen-bond donors (Lipinski definition) is 1. The number of amides is 1. The predicted molar refractivity (Wildman–Crippen MR) is 64.5 cm³/mol. The Morgan fingerprint density at radius 3 is 2.60 bits per heavy atom. The summed E-state index contributed by atoms with van der Waals surface area (Å²) in [6.45, 7) is 8.04. The lowest BCUT2D eigenvalue weighted by molar-refractivity contribution is -0.117. The normalized spacial score (nSPS) is 18.3. The summed E-state index contributed by atoms with van der Waals surface area (Å²) < 4.78 is -0.368. The van der Waals surface area contributed by atoms with Crippen molar-refractivity contribution in [3.8, 4) is 0 Å². The van der Waals surface area contributed by atoms with Crippen LogP contribution in [0.2, 0.25) is 0 Å². The van der Waals surface area contributed by atoms with Crippen molar-refractivity contribution in [3.05, 3.63) is 23.3 Å². The largest absolute Gasteiger partial charge is 0.324 e. The van der Waals surface area contributed by atoms with Crippen LogP contribution in [0.25, 0.3) is 0 Å². The van der Waals surface area contributed by atoms with E-state index in [1.54, 1.807) is 11.8 Å². The molecule has 0 fully saturated rings. The van der Waals surface area contributed by atoms with E-state index in [9.17, 15) is 4.79 Å². The highest BCUT2D eigenvalue weighted by molar-refractivity contribution is 8.01. The van der Waals surface area contributed by atoms with Gasteiger partial charge in [0.15, 0.2) is 0 Å². The van der Waals surface area contributed by atoms with Gasteiger partial charge < -0.3 is 5.32 Å². The molecule has 1 aromatic carbocycles. The van der Waals surface area contributed by atoms with Gasteiger partial charge in [-0.1, -0.05) is 6.07 Å². The Labute approximate surface area is 94.4 Å². The number of carbonyl (C=O) groups is 1. The van der Waals surface area contributed by atoms with Gasteiger partial charge in [-0.3, -0.25) is 4.79 Å². The molecule has 0 radical (unpaired) electrons. The molecule has 80 valence electrons. The SMILES string of the molecule is Cc1cc(C)c2c(c1)NC(=O)C(C)(C)S2. The van der Waals surface area contributed by atoms with Crippen LogP contribution in [0.5, 0.6) is 0 Å². The van der Waals surface area contributed by atoms with Crippen LogP contribution in [0.3, 0.4) is 0 Å². The summed E-state index contributed by atoms with van der Waals surface area (Å²) in [6.07, 6.45) is 0. The number of aryl methyl sites for hydroxylation is 2. The molecule has 1 aromatic rings. The van der Waals surface area contributed by atoms with E-state index in [0.717, 1.165) is 5.69 Å². The number of benzene rings is 1. The summed E-state index contributed by atoms with van der Waals surface area (Å²) in [5.41, 5.74) is 3.39. The second-order valence-corrected chi connectivity index (χ2v) is 6.16. The van der Waals surface area contributed by atoms with Crippen LogP contribution in [0.1, 0.15) is 25.0 Å². The molecule has 0 spiro atoms. The molecule has 0 bridgehead atoms. The van der Waals surface area contributed by atoms with E-state index in [-0.39, 0.29) is 10.7 Å². The van der Waals surface area contributed by atoms with Crippen LogP contribution in [-0.4, -0.2) is 10.7 Å². The highest BCUT2D eigenvalue weighted by Gasteiger charge is 2.35. The van der Waals surface area contributed by atoms with Crippen LogP contribution in [0.15, 0.2) is 17.0 Å². The van der Waals surface area contributed by atoms with Crippen molar-refractivity contribution in [2.75, 3.05) is 5.32 Å². The first kappa shape index (κ1) is 10.6. The molecule has 1 N–H and O–H groups in total. The van der Waals surface area contributed by atoms with Gasteiger partial charge in [0.25, 0.3) is 0 Å². The number of fused-ring (bicyclic) bond motifs is 1. The van der Waals surface area contributed by atoms with Gasteiger partial charge in [-0.05, 0) is 44.9 Å². The van der Waals surface area contributed by atoms with E-state index in [2.05, 4.69) is 18.3 Å². The number of hydrogen-bond acceptors (Lipinski definition) is 2. The molecule has 2 nitrogen and oxygen atoms in total. The van der Waals surface area contributed by atoms with Crippen molar-refractivity contribution in [1.29, 1.82) is 0 Å². The van der Waals surface area contributed by atoms with Crippen LogP contribution in [-0.2, 0) is 4.79 Å². The average molecular weight is 221 g/mol. The van der Waals surface area contributed by atoms with Crippen LogP contribution in [0.4, 0.5) is 5.69 Å². The lowest BCUT2D eigenvalue weighted by Crippen LogP contribution is -2.37. The third-order valence-corrected chi connectivity index (χ3v) is 4.01. The Morgan fingerprint density at radius 1 is 1.27 bits per heavy atom. The fraction of sp³-hybridized carbons (Fsp3) is 0.417. The maximum Gasteiger partial charge on any atom is 0.240 e. The van der Waals surface area contributed by atoms with Crippen LogP contribution >= 0.6 is 11.8 Å². The Hall–Kier alpha value is -0.960. The van der Waals surface area contributed by atoms with Gasteiger partial charge in [0.1, 0.15) is 0 Å². The predicted octanol–water partition coefficient (Wildman–Crippen LogP) is 3.13. The van der Waals surface area contributed by atoms with Crippen molar-refractivity contribution in [2.45, 2.75) is 37.3 Å². The molecule has 15 heavy (non-hydrogen) atoms. The summed E-state index contributed by atoms with van der Waals surface area (Å²) in [6, 6.07) is 4.18. The topological polar surface area (TPSA) is 29.1 Å². The fourth-order valence-corrected chi connectivity index (χ4v) is 2.85. The zero-order chi connectivity index (χ0) is 11.2. The lowest BCUT2D eigenvalue weighted by atomic mass is 10.1. The van der Waals surface area contributed by atoms with Gasteiger partial charge >= 0.3 is 0 Å². The van der Waals surface area contributed by atoms with E-state index < -0.39 is 0 Å². The van der Waals surface area contributed by atoms with Crippen molar-refractivity contribution in [3.63, 3.8) is 0 Å². The number of thioether (sulfide) groups is 1. The monoisotopic (exact) mass is 221 g/mol. The van der Waals surface area contributed by atoms with E-state index in [1.807, 2.05) is 26.8 Å². The zero-order valence-corrected chi connectivity index (χ0v) is 10.3. The molecule has 0 aromatic heterocycles. The molecule has 0 unspecified atom stereocenters. The van der Waals surface area contributed by atoms with Crippen molar-refractivity contribution in [2.24, 2.45) is 0 Å². The Bertz CT molecular complexity index is 437. The van der Waals surface area contributed by atoms with E-state index in [4.69, 9.17) is 0 Å². The summed E-state index contributed by atoms with van der Waals surface area (Å²) in [5.74, 6) is 0.0880. The van der Waals surface area contributed by atoms with Crippen LogP contribution in [0, 0.1) is 13.8 Å². The lowest BCUT2D eigenvalue weighted by Gasteiger charge is -2.31. The molecule has 0 saturated carbocycles. The highest BCUT2D eigenvalue weighted by Crippen LogP contribution is 2.44. The van der Waals surface area contributed by atoms with Gasteiger partial charge in [-0.2, -0.15) is 0 Å². The smallest absolute Gasteiger partial charge is 0.240 e. The minimum atomic E-state index is -0.368. The van der Waals surface area contributed by atoms with E-state index >= 15 is 0 Å². The first-order chi connectivity index (χ1) is 6.90. The van der Waals surface area contributed by atoms with E-state index in [1.165, 1.54) is 16.0 Å². The summed E-state index contributed by atoms with van der Waals surface area (Å²) in [5, 5.41) is 2.97. The average Bonchev–Trinajstić information content (AvgIpc) is 2.09. The first-order valence-corrected chi connectivity index (χ1v) is 5.83. The van der Waals surface area contributed by atoms with Gasteiger partial charge in [0.05, 0.1) is 10.4 Å². The van der Waals surface area contributed by atoms with Gasteiger partial charge in [0, 0.05) is 4.90 Å². The maximum atomic E-state index is 11.8. The third-order valence-electron chi connectivity index (χ3n) is 2.57. The van der Waals surface area contributed by atoms with Gasteiger partial charge in [0.2, 0.25) is 5.91 Å². The molecule has 3 heteroatoms. The molecule has 0 aliphatic carbocycles. The molecular formula is C12H15NOS. The first-order valence-electron chi connectivity index (χ1n) is 5.02. The van der Waals surface area contributed by atoms with Crippen LogP contribution < -0.4 is 5.32 Å². The number of anilines is 1. The number of nitrogens with one attached hydrogen (secondary N) is 1. The summed E-state index contributed by atoms with van der Waals surface area (Å²) in [4.78, 5) is 13.0. The molecule has 2 rings (SSSR count). The standard InChI is InChI=1S/C12H15NOS/c1-7-5-8(2)10-9(6-7)13-11(14)12(3,4)15-10/h5-6H,1-4H3,(H,13,14). The second-order valence-electron chi connectivity index (χ2n) is 4.53. The molecule has 0 atom stereocenters. The summed E-state index contributed by atoms with van der Waals surface area (Å²) >= 11 is 1.65. The number of rotatable bonds is 0. The third kappa shape index (κ3) is 1.76. The minimum Gasteiger partial charge on any atom is -0.324 e. The molecule has 1 heterocycles. The van der Waals surface area contributed by atoms with Crippen molar-refractivity contribution < 1.29 is 4.79 Å². The van der Waals surface area contributed by atoms with Crippen molar-refractivity contribution >= 4 is 23.4 Å². The minimum absolute atomic E-state index is 0.0880. The highest BCUT2D eigenvalue weighted by atomic mass is 32.2. The fourth-order valence-electron chi connectivity index (χ4n) is 1.76. The summed E-state index contributed by atoms with van der Waals surface area (Å²) in [7, 11) is 0. The molecule has 1 aliphatic rings. The quantitative estimate of drug-likeness (QED) is 0.729. The maximum absolute atomic E-state index is 11.8. The second kappa shape index (κ2) is 3.27. The Kier molecular flexibility index (Phi) is 2.30.